The number of carbonyl (C=O) groups excluding carboxylic acids is 1. The van der Waals surface area contributed by atoms with Gasteiger partial charge in [-0.25, -0.2) is 0 Å². The van der Waals surface area contributed by atoms with E-state index < -0.39 is 13.7 Å². The van der Waals surface area contributed by atoms with Crippen LogP contribution in [0, 0.1) is 5.92 Å². The van der Waals surface area contributed by atoms with Gasteiger partial charge in [0, 0.05) is 43.8 Å². The number of aromatic nitrogens is 3. The lowest BCUT2D eigenvalue weighted by molar-refractivity contribution is -0.145. The Labute approximate surface area is 286 Å². The number of ether oxygens (including phenoxy) is 3. The first-order chi connectivity index (χ1) is 23.0. The minimum Gasteiger partial charge on any atom is -0.497 e. The molecule has 258 valence electrons. The second-order valence-electron chi connectivity index (χ2n) is 14.1. The molecule has 2 aliphatic heterocycles. The molecular formula is C38H52N4O5Si. The Bertz CT molecular complexity index is 1640. The highest BCUT2D eigenvalue weighted by molar-refractivity contribution is 6.91. The van der Waals surface area contributed by atoms with Gasteiger partial charge in [0.1, 0.15) is 11.5 Å². The van der Waals surface area contributed by atoms with E-state index in [2.05, 4.69) is 75.4 Å². The summed E-state index contributed by atoms with van der Waals surface area (Å²) in [6.07, 6.45) is 9.19. The van der Waals surface area contributed by atoms with E-state index in [1.165, 1.54) is 16.3 Å². The summed E-state index contributed by atoms with van der Waals surface area (Å²) in [5, 5.41) is 19.2. The van der Waals surface area contributed by atoms with Crippen LogP contribution < -0.4 is 19.6 Å². The minimum atomic E-state index is -2.28. The number of aryl methyl sites for hydroxylation is 1. The fourth-order valence-electron chi connectivity index (χ4n) is 7.74. The molecular weight excluding hydrogens is 621 g/mol. The van der Waals surface area contributed by atoms with Crippen molar-refractivity contribution in [3.63, 3.8) is 0 Å². The average molecular weight is 673 g/mol. The number of amides is 1. The van der Waals surface area contributed by atoms with Crippen molar-refractivity contribution in [2.75, 3.05) is 32.3 Å². The van der Waals surface area contributed by atoms with E-state index in [-0.39, 0.29) is 30.1 Å². The Kier molecular flexibility index (Phi) is 11.0. The van der Waals surface area contributed by atoms with Gasteiger partial charge in [0.15, 0.2) is 5.60 Å². The van der Waals surface area contributed by atoms with E-state index >= 15 is 0 Å². The van der Waals surface area contributed by atoms with E-state index in [4.69, 9.17) is 14.2 Å². The molecule has 0 aliphatic carbocycles. The standard InChI is InChI=1S/C38H52N4O5Si/c1-26(2)10-9-11-27(3)18-22-42-34-17-14-31(46-6)24-33(34)38(37(42)44)28(4)36(48(7,8)32-15-12-30(45-5)13-16-32)35(47-38)19-21-41-25-29(20-23-43)39-40-41/h10,12-18,24-25,28,35-36,43H,9,11,19-23H2,1-8H3/b27-18+/t28-,35+,36-,38+/m0/s1. The predicted molar refractivity (Wildman–Crippen MR) is 193 cm³/mol. The summed E-state index contributed by atoms with van der Waals surface area (Å²) in [6, 6.07) is 14.4. The van der Waals surface area contributed by atoms with Crippen LogP contribution in [0.15, 0.2) is 72.0 Å². The largest absolute Gasteiger partial charge is 0.497 e. The average Bonchev–Trinajstić information content (AvgIpc) is 3.71. The lowest BCUT2D eigenvalue weighted by Crippen LogP contribution is -2.52. The van der Waals surface area contributed by atoms with Crippen LogP contribution in [0.3, 0.4) is 0 Å². The highest BCUT2D eigenvalue weighted by Crippen LogP contribution is 2.60. The number of benzene rings is 2. The molecule has 3 heterocycles. The van der Waals surface area contributed by atoms with Crippen LogP contribution in [-0.4, -0.2) is 67.6 Å². The van der Waals surface area contributed by atoms with Gasteiger partial charge >= 0.3 is 0 Å². The quantitative estimate of drug-likeness (QED) is 0.161. The predicted octanol–water partition coefficient (Wildman–Crippen LogP) is 6.18. The van der Waals surface area contributed by atoms with E-state index in [1.54, 1.807) is 14.2 Å². The first-order valence-electron chi connectivity index (χ1n) is 17.1. The fourth-order valence-corrected chi connectivity index (χ4v) is 11.8. The number of anilines is 1. The molecule has 1 amide bonds. The smallest absolute Gasteiger partial charge is 0.264 e. The number of methoxy groups -OCH3 is 2. The van der Waals surface area contributed by atoms with Gasteiger partial charge in [-0.2, -0.15) is 0 Å². The molecule has 0 unspecified atom stereocenters. The van der Waals surface area contributed by atoms with Crippen molar-refractivity contribution >= 4 is 24.9 Å². The highest BCUT2D eigenvalue weighted by atomic mass is 28.3. The number of rotatable bonds is 14. The fraction of sp³-hybridized carbons (Fsp3) is 0.500. The van der Waals surface area contributed by atoms with E-state index in [0.29, 0.717) is 31.7 Å². The number of hydrogen-bond acceptors (Lipinski definition) is 7. The molecule has 1 saturated heterocycles. The van der Waals surface area contributed by atoms with Gasteiger partial charge in [0.2, 0.25) is 0 Å². The van der Waals surface area contributed by atoms with Gasteiger partial charge in [-0.05, 0) is 75.9 Å². The lowest BCUT2D eigenvalue weighted by atomic mass is 9.82. The number of aliphatic hydroxyl groups is 1. The third-order valence-corrected chi connectivity index (χ3v) is 14.7. The molecule has 2 aliphatic rings. The molecule has 48 heavy (non-hydrogen) atoms. The Morgan fingerprint density at radius 3 is 2.44 bits per heavy atom. The van der Waals surface area contributed by atoms with Gasteiger partial charge in [-0.15, -0.1) is 5.10 Å². The monoisotopic (exact) mass is 672 g/mol. The van der Waals surface area contributed by atoms with Gasteiger partial charge in [-0.1, -0.05) is 65.8 Å². The molecule has 0 radical (unpaired) electrons. The number of hydrogen-bond donors (Lipinski definition) is 1. The molecule has 9 nitrogen and oxygen atoms in total. The zero-order chi connectivity index (χ0) is 34.6. The maximum Gasteiger partial charge on any atom is 0.264 e. The summed E-state index contributed by atoms with van der Waals surface area (Å²) in [7, 11) is 1.06. The number of fused-ring (bicyclic) bond motifs is 2. The van der Waals surface area contributed by atoms with Gasteiger partial charge < -0.3 is 24.2 Å². The Balaban J connectivity index is 1.54. The first kappa shape index (κ1) is 35.6. The van der Waals surface area contributed by atoms with Crippen LogP contribution in [0.1, 0.15) is 58.2 Å². The number of allylic oxidation sites excluding steroid dienone is 3. The number of carbonyl (C=O) groups is 1. The van der Waals surface area contributed by atoms with Gasteiger partial charge in [0.05, 0.1) is 39.8 Å². The normalized spacial score (nSPS) is 22.4. The van der Waals surface area contributed by atoms with Crippen LogP contribution in [0.5, 0.6) is 11.5 Å². The number of aliphatic hydroxyl groups excluding tert-OH is 1. The summed E-state index contributed by atoms with van der Waals surface area (Å²) >= 11 is 0. The Morgan fingerprint density at radius 2 is 1.77 bits per heavy atom. The number of nitrogens with zero attached hydrogens (tertiary/aromatic N) is 4. The van der Waals surface area contributed by atoms with Crippen molar-refractivity contribution in [3.05, 3.63) is 83.2 Å². The molecule has 3 aromatic rings. The van der Waals surface area contributed by atoms with E-state index in [9.17, 15) is 9.90 Å². The molecule has 4 atom stereocenters. The van der Waals surface area contributed by atoms with Gasteiger partial charge in [-0.3, -0.25) is 9.48 Å². The third-order valence-electron chi connectivity index (χ3n) is 10.4. The maximum absolute atomic E-state index is 15.0. The van der Waals surface area contributed by atoms with Crippen molar-refractivity contribution in [2.45, 2.75) is 90.3 Å². The van der Waals surface area contributed by atoms with Crippen molar-refractivity contribution in [1.29, 1.82) is 0 Å². The van der Waals surface area contributed by atoms with Crippen molar-refractivity contribution < 1.29 is 24.1 Å². The van der Waals surface area contributed by atoms with Crippen LogP contribution in [0.2, 0.25) is 18.6 Å². The second-order valence-corrected chi connectivity index (χ2v) is 18.7. The summed E-state index contributed by atoms with van der Waals surface area (Å²) in [4.78, 5) is 16.9. The molecule has 1 N–H and O–H groups in total. The Morgan fingerprint density at radius 1 is 1.06 bits per heavy atom. The second kappa shape index (κ2) is 14.8. The summed E-state index contributed by atoms with van der Waals surface area (Å²) in [5.41, 5.74) is 4.05. The molecule has 2 aromatic carbocycles. The zero-order valence-corrected chi connectivity index (χ0v) is 30.8. The highest BCUT2D eigenvalue weighted by Gasteiger charge is 2.66. The summed E-state index contributed by atoms with van der Waals surface area (Å²) in [5.74, 6) is 1.41. The third kappa shape index (κ3) is 6.88. The van der Waals surface area contributed by atoms with Crippen LogP contribution >= 0.6 is 0 Å². The molecule has 1 aromatic heterocycles. The molecule has 0 saturated carbocycles. The van der Waals surface area contributed by atoms with Crippen LogP contribution in [-0.2, 0) is 28.1 Å². The zero-order valence-electron chi connectivity index (χ0n) is 29.8. The summed E-state index contributed by atoms with van der Waals surface area (Å²) < 4.78 is 20.3. The van der Waals surface area contributed by atoms with E-state index in [1.807, 2.05) is 46.1 Å². The molecule has 0 bridgehead atoms. The van der Waals surface area contributed by atoms with Crippen molar-refractivity contribution in [2.24, 2.45) is 5.92 Å². The SMILES string of the molecule is COc1ccc([Si](C)(C)[C@@H]2[C@@H](CCn3cc(CCO)nn3)O[C@]3(C(=O)N(C/C=C(\C)CCC=C(C)C)c4ccc(OC)cc43)[C@H]2C)cc1. The first-order valence-corrected chi connectivity index (χ1v) is 20.2. The topological polar surface area (TPSA) is 98.9 Å². The van der Waals surface area contributed by atoms with Gasteiger partial charge in [0.25, 0.3) is 5.91 Å². The van der Waals surface area contributed by atoms with Crippen LogP contribution in [0.25, 0.3) is 0 Å². The molecule has 1 spiro atoms. The van der Waals surface area contributed by atoms with Crippen LogP contribution in [0.4, 0.5) is 5.69 Å². The molecule has 5 rings (SSSR count). The molecule has 1 fully saturated rings. The summed E-state index contributed by atoms with van der Waals surface area (Å²) in [6.45, 7) is 14.5. The molecule has 10 heteroatoms. The van der Waals surface area contributed by atoms with E-state index in [0.717, 1.165) is 35.5 Å². The Hall–Kier alpha value is -3.73. The van der Waals surface area contributed by atoms with Crippen molar-refractivity contribution in [3.8, 4) is 11.5 Å². The van der Waals surface area contributed by atoms with Crippen molar-refractivity contribution in [1.82, 2.24) is 15.0 Å². The lowest BCUT2D eigenvalue weighted by Gasteiger charge is -2.37. The minimum absolute atomic E-state index is 0.00961. The maximum atomic E-state index is 15.0.